The third kappa shape index (κ3) is 7.10. The zero-order chi connectivity index (χ0) is 29.1. The quantitative estimate of drug-likeness (QED) is 0.225. The van der Waals surface area contributed by atoms with Crippen molar-refractivity contribution in [3.63, 3.8) is 0 Å². The van der Waals surface area contributed by atoms with E-state index in [1.54, 1.807) is 18.2 Å². The van der Waals surface area contributed by atoms with Crippen LogP contribution in [0.25, 0.3) is 0 Å². The highest BCUT2D eigenvalue weighted by atomic mass is 19.4. The van der Waals surface area contributed by atoms with E-state index in [0.29, 0.717) is 5.56 Å². The maximum atomic E-state index is 13.6. The standard InChI is InChI=1S/C18H14F16O3/c19-11(7-35-6-10-4-2-1-3-5-10)8-36-9-12(20,21)13(22,23)17(31,32)37-18(33,34)15(26,27)14(24,25)16(28,29)30/h1-5,11H,6-9H2. The topological polar surface area (TPSA) is 27.7 Å². The van der Waals surface area contributed by atoms with Gasteiger partial charge in [0, 0.05) is 0 Å². The van der Waals surface area contributed by atoms with E-state index >= 15 is 0 Å². The number of hydrogen-bond donors (Lipinski definition) is 0. The first-order chi connectivity index (χ1) is 16.4. The molecule has 0 fully saturated rings. The van der Waals surface area contributed by atoms with Crippen LogP contribution < -0.4 is 0 Å². The van der Waals surface area contributed by atoms with Gasteiger partial charge in [-0.1, -0.05) is 30.3 Å². The van der Waals surface area contributed by atoms with Crippen molar-refractivity contribution in [1.29, 1.82) is 0 Å². The molecule has 1 aromatic rings. The number of hydrogen-bond acceptors (Lipinski definition) is 3. The molecule has 3 nitrogen and oxygen atoms in total. The summed E-state index contributed by atoms with van der Waals surface area (Å²) in [6, 6.07) is 7.80. The van der Waals surface area contributed by atoms with Crippen LogP contribution in [0.3, 0.4) is 0 Å². The van der Waals surface area contributed by atoms with Crippen LogP contribution in [-0.2, 0) is 20.8 Å². The summed E-state index contributed by atoms with van der Waals surface area (Å²) in [4.78, 5) is 0. The molecule has 1 aromatic carbocycles. The van der Waals surface area contributed by atoms with Gasteiger partial charge in [0.1, 0.15) is 12.8 Å². The van der Waals surface area contributed by atoms with Crippen LogP contribution in [0.1, 0.15) is 5.56 Å². The first-order valence-electron chi connectivity index (χ1n) is 9.30. The predicted octanol–water partition coefficient (Wildman–Crippen LogP) is 6.86. The van der Waals surface area contributed by atoms with E-state index in [0.717, 1.165) is 0 Å². The van der Waals surface area contributed by atoms with Crippen LogP contribution in [0.15, 0.2) is 30.3 Å². The Labute approximate surface area is 196 Å². The SMILES string of the molecule is FC(COCc1ccccc1)COCC(F)(F)C(F)(F)C(F)(F)OC(F)(F)C(F)(F)C(F)(F)C(F)(F)F. The van der Waals surface area contributed by atoms with Gasteiger partial charge in [-0.3, -0.25) is 0 Å². The van der Waals surface area contributed by atoms with Gasteiger partial charge in [-0.05, 0) is 5.56 Å². The zero-order valence-electron chi connectivity index (χ0n) is 17.6. The molecule has 1 atom stereocenters. The van der Waals surface area contributed by atoms with E-state index in [1.165, 1.54) is 16.9 Å². The number of alkyl halides is 16. The molecule has 0 aliphatic rings. The number of ether oxygens (including phenoxy) is 3. The minimum Gasteiger partial charge on any atom is -0.374 e. The molecule has 19 heteroatoms. The van der Waals surface area contributed by atoms with E-state index in [4.69, 9.17) is 4.74 Å². The first kappa shape index (κ1) is 33.0. The molecular formula is C18H14F16O3. The Morgan fingerprint density at radius 1 is 0.595 bits per heavy atom. The second-order valence-corrected chi connectivity index (χ2v) is 7.17. The van der Waals surface area contributed by atoms with Crippen molar-refractivity contribution >= 4 is 0 Å². The highest BCUT2D eigenvalue weighted by Crippen LogP contribution is 2.56. The fourth-order valence-electron chi connectivity index (χ4n) is 2.20. The zero-order valence-corrected chi connectivity index (χ0v) is 17.6. The number of rotatable bonds is 14. The fraction of sp³-hybridized carbons (Fsp3) is 0.667. The van der Waals surface area contributed by atoms with E-state index in [1.807, 2.05) is 0 Å². The maximum absolute atomic E-state index is 13.6. The normalized spacial score (nSPS) is 15.7. The lowest BCUT2D eigenvalue weighted by molar-refractivity contribution is -0.513. The summed E-state index contributed by atoms with van der Waals surface area (Å²) < 4.78 is 218. The molecule has 0 radical (unpaired) electrons. The van der Waals surface area contributed by atoms with Crippen LogP contribution >= 0.6 is 0 Å². The fourth-order valence-corrected chi connectivity index (χ4v) is 2.20. The van der Waals surface area contributed by atoms with E-state index in [-0.39, 0.29) is 6.61 Å². The summed E-state index contributed by atoms with van der Waals surface area (Å²) in [6.07, 6.45) is -25.1. The third-order valence-electron chi connectivity index (χ3n) is 4.19. The summed E-state index contributed by atoms with van der Waals surface area (Å²) in [5, 5.41) is 0. The Morgan fingerprint density at radius 2 is 1.05 bits per heavy atom. The first-order valence-corrected chi connectivity index (χ1v) is 9.30. The molecule has 0 aromatic heterocycles. The van der Waals surface area contributed by atoms with Gasteiger partial charge >= 0.3 is 42.1 Å². The van der Waals surface area contributed by atoms with Crippen molar-refractivity contribution < 1.29 is 84.5 Å². The minimum absolute atomic E-state index is 0.217. The van der Waals surface area contributed by atoms with Gasteiger partial charge in [-0.2, -0.15) is 65.9 Å². The van der Waals surface area contributed by atoms with E-state index in [9.17, 15) is 70.2 Å². The number of benzene rings is 1. The third-order valence-corrected chi connectivity index (χ3v) is 4.19. The molecule has 1 rings (SSSR count). The highest BCUT2D eigenvalue weighted by Gasteiger charge is 2.86. The summed E-state index contributed by atoms with van der Waals surface area (Å²) in [5.74, 6) is -29.4. The molecule has 37 heavy (non-hydrogen) atoms. The largest absolute Gasteiger partial charge is 0.460 e. The van der Waals surface area contributed by atoms with Gasteiger partial charge < -0.3 is 9.47 Å². The molecule has 0 aliphatic heterocycles. The lowest BCUT2D eigenvalue weighted by Gasteiger charge is -2.37. The van der Waals surface area contributed by atoms with E-state index < -0.39 is 68.1 Å². The Kier molecular flexibility index (Phi) is 9.81. The van der Waals surface area contributed by atoms with Crippen molar-refractivity contribution in [1.82, 2.24) is 0 Å². The van der Waals surface area contributed by atoms with Crippen LogP contribution in [0.2, 0.25) is 0 Å². The van der Waals surface area contributed by atoms with Crippen LogP contribution in [0, 0.1) is 0 Å². The van der Waals surface area contributed by atoms with Crippen molar-refractivity contribution in [3.05, 3.63) is 35.9 Å². The molecule has 0 saturated heterocycles. The molecular weight excluding hydrogens is 568 g/mol. The Hall–Kier alpha value is -2.02. The van der Waals surface area contributed by atoms with E-state index in [2.05, 4.69) is 4.74 Å². The van der Waals surface area contributed by atoms with Crippen molar-refractivity contribution in [2.24, 2.45) is 0 Å². The van der Waals surface area contributed by atoms with Gasteiger partial charge in [0.15, 0.2) is 0 Å². The summed E-state index contributed by atoms with van der Waals surface area (Å²) in [7, 11) is 0. The Bertz CT molecular complexity index is 856. The molecule has 0 aliphatic carbocycles. The lowest BCUT2D eigenvalue weighted by Crippen LogP contribution is -2.66. The minimum atomic E-state index is -7.97. The van der Waals surface area contributed by atoms with Crippen molar-refractivity contribution in [3.8, 4) is 0 Å². The van der Waals surface area contributed by atoms with Gasteiger partial charge in [0.25, 0.3) is 0 Å². The average Bonchev–Trinajstić information content (AvgIpc) is 2.72. The smallest absolute Gasteiger partial charge is 0.374 e. The van der Waals surface area contributed by atoms with Gasteiger partial charge in [0.05, 0.1) is 19.8 Å². The summed E-state index contributed by atoms with van der Waals surface area (Å²) in [5.41, 5.74) is 0.513. The van der Waals surface area contributed by atoms with Crippen molar-refractivity contribution in [2.75, 3.05) is 19.8 Å². The summed E-state index contributed by atoms with van der Waals surface area (Å²) >= 11 is 0. The Morgan fingerprint density at radius 3 is 1.54 bits per heavy atom. The molecule has 0 saturated carbocycles. The molecule has 0 heterocycles. The number of halogens is 16. The van der Waals surface area contributed by atoms with Crippen LogP contribution in [0.4, 0.5) is 70.2 Å². The van der Waals surface area contributed by atoms with Crippen LogP contribution in [0.5, 0.6) is 0 Å². The van der Waals surface area contributed by atoms with Crippen LogP contribution in [-0.4, -0.2) is 68.1 Å². The molecule has 0 spiro atoms. The monoisotopic (exact) mass is 582 g/mol. The average molecular weight is 582 g/mol. The second-order valence-electron chi connectivity index (χ2n) is 7.17. The van der Waals surface area contributed by atoms with Crippen molar-refractivity contribution in [2.45, 2.75) is 54.9 Å². The predicted molar refractivity (Wildman–Crippen MR) is 88.6 cm³/mol. The highest BCUT2D eigenvalue weighted by molar-refractivity contribution is 5.13. The maximum Gasteiger partial charge on any atom is 0.460 e. The van der Waals surface area contributed by atoms with Gasteiger partial charge in [0.2, 0.25) is 0 Å². The molecule has 216 valence electrons. The molecule has 1 unspecified atom stereocenters. The second kappa shape index (κ2) is 11.0. The lowest BCUT2D eigenvalue weighted by atomic mass is 10.1. The molecule has 0 N–H and O–H groups in total. The molecule has 0 amide bonds. The molecule has 0 bridgehead atoms. The summed E-state index contributed by atoms with van der Waals surface area (Å²) in [6.45, 7) is -5.53. The van der Waals surface area contributed by atoms with Gasteiger partial charge in [-0.15, -0.1) is 0 Å². The Balaban J connectivity index is 2.83. The van der Waals surface area contributed by atoms with Gasteiger partial charge in [-0.25, -0.2) is 9.13 Å².